The third kappa shape index (κ3) is 2.34. The van der Waals surface area contributed by atoms with E-state index in [0.717, 1.165) is 39.0 Å². The zero-order chi connectivity index (χ0) is 18.7. The van der Waals surface area contributed by atoms with Gasteiger partial charge in [0.15, 0.2) is 0 Å². The fourth-order valence-electron chi connectivity index (χ4n) is 6.06. The topological polar surface area (TPSA) is 49.6 Å². The van der Waals surface area contributed by atoms with Gasteiger partial charge >= 0.3 is 0 Å². The Bertz CT molecular complexity index is 707. The summed E-state index contributed by atoms with van der Waals surface area (Å²) in [5.41, 5.74) is 9.52. The van der Waals surface area contributed by atoms with Crippen LogP contribution in [0.5, 0.6) is 0 Å². The average molecular weight is 356 g/mol. The summed E-state index contributed by atoms with van der Waals surface area (Å²) < 4.78 is 0. The maximum Gasteiger partial charge on any atom is 0.227 e. The molecule has 2 saturated carbocycles. The van der Waals surface area contributed by atoms with E-state index in [2.05, 4.69) is 61.8 Å². The predicted octanol–water partition coefficient (Wildman–Crippen LogP) is 3.04. The second kappa shape index (κ2) is 5.98. The van der Waals surface area contributed by atoms with Gasteiger partial charge in [-0.1, -0.05) is 39.0 Å². The van der Waals surface area contributed by atoms with E-state index >= 15 is 0 Å². The van der Waals surface area contributed by atoms with Crippen LogP contribution in [0, 0.1) is 29.6 Å². The van der Waals surface area contributed by atoms with E-state index < -0.39 is 0 Å². The molecule has 2 N–H and O–H groups in total. The molecule has 1 aromatic carbocycles. The molecule has 3 fully saturated rings. The van der Waals surface area contributed by atoms with Crippen LogP contribution in [0.4, 0.5) is 5.69 Å². The van der Waals surface area contributed by atoms with Crippen LogP contribution in [-0.2, 0) is 4.79 Å². The fraction of sp³-hybridized carbons (Fsp3) is 0.682. The minimum Gasteiger partial charge on any atom is -0.368 e. The van der Waals surface area contributed by atoms with Crippen molar-refractivity contribution in [2.45, 2.75) is 46.6 Å². The highest BCUT2D eigenvalue weighted by molar-refractivity contribution is 5.81. The van der Waals surface area contributed by atoms with Gasteiger partial charge in [-0.2, -0.15) is 0 Å². The molecule has 1 saturated heterocycles. The lowest BCUT2D eigenvalue weighted by Crippen LogP contribution is -2.55. The van der Waals surface area contributed by atoms with E-state index in [0.29, 0.717) is 11.8 Å². The minimum atomic E-state index is -0.00172. The summed E-state index contributed by atoms with van der Waals surface area (Å²) in [7, 11) is 0. The van der Waals surface area contributed by atoms with E-state index in [1.807, 2.05) is 0 Å². The Labute approximate surface area is 157 Å². The van der Waals surface area contributed by atoms with Crippen LogP contribution < -0.4 is 10.6 Å². The number of nitrogens with two attached hydrogens (primary N) is 1. The predicted molar refractivity (Wildman–Crippen MR) is 106 cm³/mol. The first-order chi connectivity index (χ1) is 12.3. The van der Waals surface area contributed by atoms with Crippen LogP contribution in [0.25, 0.3) is 0 Å². The highest BCUT2D eigenvalue weighted by atomic mass is 16.2. The zero-order valence-corrected chi connectivity index (χ0v) is 16.7. The van der Waals surface area contributed by atoms with E-state index in [4.69, 9.17) is 5.73 Å². The van der Waals surface area contributed by atoms with Crippen molar-refractivity contribution in [3.05, 3.63) is 29.8 Å². The van der Waals surface area contributed by atoms with Crippen LogP contribution in [0.15, 0.2) is 24.3 Å². The van der Waals surface area contributed by atoms with Crippen molar-refractivity contribution in [1.29, 1.82) is 0 Å². The largest absolute Gasteiger partial charge is 0.368 e. The number of aryl methyl sites for hydroxylation is 1. The van der Waals surface area contributed by atoms with E-state index in [1.165, 1.54) is 11.3 Å². The van der Waals surface area contributed by atoms with Crippen molar-refractivity contribution in [3.8, 4) is 0 Å². The van der Waals surface area contributed by atoms with Gasteiger partial charge in [0, 0.05) is 37.9 Å². The summed E-state index contributed by atoms with van der Waals surface area (Å²) in [5, 5.41) is 0. The molecule has 2 bridgehead atoms. The van der Waals surface area contributed by atoms with Crippen molar-refractivity contribution < 1.29 is 4.79 Å². The lowest BCUT2D eigenvalue weighted by Gasteiger charge is -2.41. The second-order valence-electron chi connectivity index (χ2n) is 9.43. The number of fused-ring (bicyclic) bond motifs is 2. The number of piperazine rings is 1. The Hall–Kier alpha value is -1.55. The molecular formula is C22H33N3O. The van der Waals surface area contributed by atoms with Crippen molar-refractivity contribution in [1.82, 2.24) is 4.90 Å². The number of carbonyl (C=O) groups is 1. The van der Waals surface area contributed by atoms with E-state index in [1.54, 1.807) is 0 Å². The van der Waals surface area contributed by atoms with Gasteiger partial charge in [-0.05, 0) is 48.1 Å². The highest BCUT2D eigenvalue weighted by Crippen LogP contribution is 2.67. The van der Waals surface area contributed by atoms with Gasteiger partial charge in [-0.3, -0.25) is 4.79 Å². The molecule has 4 rings (SSSR count). The number of benzene rings is 1. The third-order valence-electron chi connectivity index (χ3n) is 8.26. The smallest absolute Gasteiger partial charge is 0.227 e. The Morgan fingerprint density at radius 2 is 1.77 bits per heavy atom. The Kier molecular flexibility index (Phi) is 4.11. The molecule has 4 nitrogen and oxygen atoms in total. The van der Waals surface area contributed by atoms with Gasteiger partial charge in [0.25, 0.3) is 0 Å². The van der Waals surface area contributed by atoms with Crippen molar-refractivity contribution in [2.75, 3.05) is 31.1 Å². The van der Waals surface area contributed by atoms with Crippen LogP contribution in [0.2, 0.25) is 0 Å². The standard InChI is InChI=1S/C22H33N3O/c1-15-7-5-6-8-17(15)24-11-13-25(14-12-24)20(26)18-16-9-10-22(4,19(18)23)21(16,2)3/h5-8,16,18-19H,9-14,23H2,1-4H3/t16-,18+,19+,22+/m1/s1. The number of carbonyl (C=O) groups excluding carboxylic acids is 1. The molecule has 0 spiro atoms. The second-order valence-corrected chi connectivity index (χ2v) is 9.43. The van der Waals surface area contributed by atoms with Gasteiger partial charge in [0.2, 0.25) is 5.91 Å². The molecule has 4 atom stereocenters. The average Bonchev–Trinajstić information content (AvgIpc) is 2.94. The zero-order valence-electron chi connectivity index (χ0n) is 16.7. The minimum absolute atomic E-state index is 0.00172. The quantitative estimate of drug-likeness (QED) is 0.887. The molecule has 26 heavy (non-hydrogen) atoms. The van der Waals surface area contributed by atoms with Crippen LogP contribution >= 0.6 is 0 Å². The summed E-state index contributed by atoms with van der Waals surface area (Å²) in [6.45, 7) is 12.5. The normalized spacial score (nSPS) is 35.8. The molecule has 4 heteroatoms. The van der Waals surface area contributed by atoms with Gasteiger partial charge in [0.1, 0.15) is 0 Å². The van der Waals surface area contributed by atoms with Gasteiger partial charge in [-0.25, -0.2) is 0 Å². The number of anilines is 1. The molecule has 0 aromatic heterocycles. The van der Waals surface area contributed by atoms with Crippen LogP contribution in [0.3, 0.4) is 0 Å². The molecule has 1 aliphatic heterocycles. The number of nitrogens with zero attached hydrogens (tertiary/aromatic N) is 2. The summed E-state index contributed by atoms with van der Waals surface area (Å²) >= 11 is 0. The first-order valence-corrected chi connectivity index (χ1v) is 10.1. The Morgan fingerprint density at radius 1 is 1.12 bits per heavy atom. The number of amides is 1. The van der Waals surface area contributed by atoms with Gasteiger partial charge in [0.05, 0.1) is 5.92 Å². The van der Waals surface area contributed by atoms with Crippen LogP contribution in [0.1, 0.15) is 39.2 Å². The molecule has 142 valence electrons. The summed E-state index contributed by atoms with van der Waals surface area (Å²) in [5.74, 6) is 0.751. The number of rotatable bonds is 2. The molecule has 2 aliphatic carbocycles. The van der Waals surface area contributed by atoms with Crippen molar-refractivity contribution in [2.24, 2.45) is 28.4 Å². The third-order valence-corrected chi connectivity index (χ3v) is 8.26. The van der Waals surface area contributed by atoms with Crippen molar-refractivity contribution >= 4 is 11.6 Å². The number of hydrogen-bond acceptors (Lipinski definition) is 3. The molecule has 1 aromatic rings. The number of para-hydroxylation sites is 1. The van der Waals surface area contributed by atoms with Gasteiger partial charge in [-0.15, -0.1) is 0 Å². The molecular weight excluding hydrogens is 322 g/mol. The Balaban J connectivity index is 1.46. The molecule has 3 aliphatic rings. The molecule has 0 unspecified atom stereocenters. The molecule has 1 heterocycles. The maximum absolute atomic E-state index is 13.4. The van der Waals surface area contributed by atoms with Crippen LogP contribution in [-0.4, -0.2) is 43.0 Å². The molecule has 1 amide bonds. The Morgan fingerprint density at radius 3 is 2.35 bits per heavy atom. The summed E-state index contributed by atoms with van der Waals surface area (Å²) in [6, 6.07) is 8.51. The maximum atomic E-state index is 13.4. The molecule has 0 radical (unpaired) electrons. The van der Waals surface area contributed by atoms with E-state index in [-0.39, 0.29) is 22.8 Å². The van der Waals surface area contributed by atoms with Crippen molar-refractivity contribution in [3.63, 3.8) is 0 Å². The first-order valence-electron chi connectivity index (χ1n) is 10.1. The fourth-order valence-corrected chi connectivity index (χ4v) is 6.06. The SMILES string of the molecule is Cc1ccccc1N1CCN(C(=O)[C@H]2[C@H]3CC[C@@](C)([C@H]2N)C3(C)C)CC1. The summed E-state index contributed by atoms with van der Waals surface area (Å²) in [6.07, 6.45) is 2.31. The highest BCUT2D eigenvalue weighted by Gasteiger charge is 2.67. The lowest BCUT2D eigenvalue weighted by atomic mass is 9.69. The monoisotopic (exact) mass is 355 g/mol. The van der Waals surface area contributed by atoms with Gasteiger partial charge < -0.3 is 15.5 Å². The first kappa shape index (κ1) is 17.8. The summed E-state index contributed by atoms with van der Waals surface area (Å²) in [4.78, 5) is 17.9. The lowest BCUT2D eigenvalue weighted by molar-refractivity contribution is -0.138. The number of hydrogen-bond donors (Lipinski definition) is 1. The van der Waals surface area contributed by atoms with E-state index in [9.17, 15) is 4.79 Å².